The maximum Gasteiger partial charge on any atom is 0.472 e. The first-order valence-electron chi connectivity index (χ1n) is 5.22. The minimum atomic E-state index is -3.87. The van der Waals surface area contributed by atoms with E-state index in [1.807, 2.05) is 13.8 Å². The molecule has 1 rings (SSSR count). The molecule has 0 bridgehead atoms. The van der Waals surface area contributed by atoms with Crippen molar-refractivity contribution in [2.24, 2.45) is 5.92 Å². The summed E-state index contributed by atoms with van der Waals surface area (Å²) in [5.74, 6) is 0.349. The first kappa shape index (κ1) is 13.1. The van der Waals surface area contributed by atoms with Crippen molar-refractivity contribution in [1.82, 2.24) is 0 Å². The van der Waals surface area contributed by atoms with Crippen molar-refractivity contribution in [3.05, 3.63) is 0 Å². The van der Waals surface area contributed by atoms with Crippen LogP contribution in [0.15, 0.2) is 0 Å². The van der Waals surface area contributed by atoms with Gasteiger partial charge in [-0.05, 0) is 26.2 Å². The van der Waals surface area contributed by atoms with E-state index in [4.69, 9.17) is 9.26 Å². The largest absolute Gasteiger partial charge is 0.472 e. The molecule has 1 saturated heterocycles. The van der Waals surface area contributed by atoms with Gasteiger partial charge in [-0.3, -0.25) is 9.05 Å². The topological polar surface area (TPSA) is 65.0 Å². The number of phosphoric ester groups is 1. The van der Waals surface area contributed by atoms with Crippen LogP contribution in [0.3, 0.4) is 0 Å². The standard InChI is InChI=1S/C9H19O5P/c1-4-12-15(10,11)13-6-9-7(2)5-8(3)14-9/h7-9H,4-6H2,1-3H3,(H,10,11)/t7?,8-,9+/m0/s1. The average molecular weight is 238 g/mol. The molecule has 1 aliphatic heterocycles. The maximum atomic E-state index is 11.2. The van der Waals surface area contributed by atoms with Gasteiger partial charge in [0.1, 0.15) is 0 Å². The molecule has 0 saturated carbocycles. The summed E-state index contributed by atoms with van der Waals surface area (Å²) < 4.78 is 26.2. The fraction of sp³-hybridized carbons (Fsp3) is 1.00. The SMILES string of the molecule is CCOP(=O)(O)OC[C@H]1O[C@@H](C)CC1C. The zero-order valence-electron chi connectivity index (χ0n) is 9.38. The van der Waals surface area contributed by atoms with Gasteiger partial charge in [0.05, 0.1) is 25.4 Å². The third-order valence-electron chi connectivity index (χ3n) is 2.44. The lowest BCUT2D eigenvalue weighted by atomic mass is 10.0. The van der Waals surface area contributed by atoms with Crippen molar-refractivity contribution in [2.45, 2.75) is 39.4 Å². The predicted molar refractivity (Wildman–Crippen MR) is 55.5 cm³/mol. The number of rotatable bonds is 5. The minimum Gasteiger partial charge on any atom is -0.373 e. The molecule has 1 N–H and O–H groups in total. The second kappa shape index (κ2) is 5.41. The lowest BCUT2D eigenvalue weighted by molar-refractivity contribution is 0.00523. The van der Waals surface area contributed by atoms with Crippen LogP contribution in [0.2, 0.25) is 0 Å². The Bertz CT molecular complexity index is 245. The summed E-state index contributed by atoms with van der Waals surface area (Å²) in [7, 11) is -3.87. The van der Waals surface area contributed by atoms with Crippen LogP contribution in [-0.2, 0) is 18.3 Å². The van der Waals surface area contributed by atoms with Crippen molar-refractivity contribution in [3.8, 4) is 0 Å². The first-order chi connectivity index (χ1) is 6.94. The molecule has 0 aromatic carbocycles. The molecule has 1 heterocycles. The van der Waals surface area contributed by atoms with E-state index in [2.05, 4.69) is 4.52 Å². The van der Waals surface area contributed by atoms with Crippen LogP contribution in [0, 0.1) is 5.92 Å². The van der Waals surface area contributed by atoms with E-state index < -0.39 is 7.82 Å². The van der Waals surface area contributed by atoms with Crippen molar-refractivity contribution in [2.75, 3.05) is 13.2 Å². The number of hydrogen-bond acceptors (Lipinski definition) is 4. The highest BCUT2D eigenvalue weighted by atomic mass is 31.2. The maximum absolute atomic E-state index is 11.2. The lowest BCUT2D eigenvalue weighted by Gasteiger charge is -2.17. The van der Waals surface area contributed by atoms with Gasteiger partial charge in [0.25, 0.3) is 0 Å². The quantitative estimate of drug-likeness (QED) is 0.741. The highest BCUT2D eigenvalue weighted by Crippen LogP contribution is 2.44. The summed E-state index contributed by atoms with van der Waals surface area (Å²) in [6.07, 6.45) is 1.04. The second-order valence-corrected chi connectivity index (χ2v) is 5.33. The number of hydrogen-bond donors (Lipinski definition) is 1. The Labute approximate surface area is 90.3 Å². The molecule has 0 spiro atoms. The Hall–Kier alpha value is 0.0700. The lowest BCUT2D eigenvalue weighted by Crippen LogP contribution is -2.20. The summed E-state index contributed by atoms with van der Waals surface area (Å²) >= 11 is 0. The molecule has 6 heteroatoms. The number of ether oxygens (including phenoxy) is 1. The van der Waals surface area contributed by atoms with Crippen LogP contribution >= 0.6 is 7.82 Å². The monoisotopic (exact) mass is 238 g/mol. The van der Waals surface area contributed by atoms with Crippen LogP contribution in [0.5, 0.6) is 0 Å². The van der Waals surface area contributed by atoms with Gasteiger partial charge in [-0.15, -0.1) is 0 Å². The molecule has 1 fully saturated rings. The van der Waals surface area contributed by atoms with Crippen LogP contribution in [-0.4, -0.2) is 30.3 Å². The van der Waals surface area contributed by atoms with Crippen molar-refractivity contribution >= 4 is 7.82 Å². The molecule has 0 amide bonds. The summed E-state index contributed by atoms with van der Waals surface area (Å²) in [5.41, 5.74) is 0. The zero-order valence-corrected chi connectivity index (χ0v) is 10.3. The fourth-order valence-corrected chi connectivity index (χ4v) is 2.47. The van der Waals surface area contributed by atoms with Gasteiger partial charge in [0.15, 0.2) is 0 Å². The first-order valence-corrected chi connectivity index (χ1v) is 6.71. The molecule has 2 unspecified atom stereocenters. The second-order valence-electron chi connectivity index (χ2n) is 3.88. The van der Waals surface area contributed by atoms with Gasteiger partial charge in [-0.25, -0.2) is 4.57 Å². The van der Waals surface area contributed by atoms with E-state index in [1.165, 1.54) is 0 Å². The molecular weight excluding hydrogens is 219 g/mol. The highest BCUT2D eigenvalue weighted by Gasteiger charge is 2.32. The third kappa shape index (κ3) is 4.21. The summed E-state index contributed by atoms with van der Waals surface area (Å²) in [6, 6.07) is 0. The van der Waals surface area contributed by atoms with Crippen LogP contribution in [0.1, 0.15) is 27.2 Å². The number of phosphoric acid groups is 1. The Balaban J connectivity index is 2.34. The molecular formula is C9H19O5P. The Morgan fingerprint density at radius 3 is 2.60 bits per heavy atom. The van der Waals surface area contributed by atoms with Crippen LogP contribution in [0.4, 0.5) is 0 Å². The summed E-state index contributed by atoms with van der Waals surface area (Å²) in [6.45, 7) is 5.94. The van der Waals surface area contributed by atoms with Gasteiger partial charge in [0.2, 0.25) is 0 Å². The van der Waals surface area contributed by atoms with E-state index in [9.17, 15) is 9.46 Å². The normalized spacial score (nSPS) is 35.3. The molecule has 0 aromatic rings. The molecule has 1 aliphatic rings. The molecule has 0 radical (unpaired) electrons. The Morgan fingerprint density at radius 2 is 2.13 bits per heavy atom. The zero-order chi connectivity index (χ0) is 11.5. The smallest absolute Gasteiger partial charge is 0.373 e. The Kier molecular flexibility index (Phi) is 4.74. The Morgan fingerprint density at radius 1 is 1.47 bits per heavy atom. The van der Waals surface area contributed by atoms with E-state index in [1.54, 1.807) is 6.92 Å². The molecule has 15 heavy (non-hydrogen) atoms. The van der Waals surface area contributed by atoms with Crippen molar-refractivity contribution in [1.29, 1.82) is 0 Å². The van der Waals surface area contributed by atoms with Gasteiger partial charge < -0.3 is 9.63 Å². The predicted octanol–water partition coefficient (Wildman–Crippen LogP) is 1.95. The van der Waals surface area contributed by atoms with Gasteiger partial charge in [-0.2, -0.15) is 0 Å². The van der Waals surface area contributed by atoms with E-state index in [-0.39, 0.29) is 25.4 Å². The highest BCUT2D eigenvalue weighted by molar-refractivity contribution is 7.47. The van der Waals surface area contributed by atoms with Crippen molar-refractivity contribution < 1.29 is 23.2 Å². The third-order valence-corrected chi connectivity index (χ3v) is 3.50. The van der Waals surface area contributed by atoms with Gasteiger partial charge in [0, 0.05) is 0 Å². The van der Waals surface area contributed by atoms with Gasteiger partial charge in [-0.1, -0.05) is 6.92 Å². The van der Waals surface area contributed by atoms with Crippen LogP contribution < -0.4 is 0 Å². The molecule has 90 valence electrons. The summed E-state index contributed by atoms with van der Waals surface area (Å²) in [5, 5.41) is 0. The van der Waals surface area contributed by atoms with E-state index in [0.717, 1.165) is 6.42 Å². The average Bonchev–Trinajstić information content (AvgIpc) is 2.42. The van der Waals surface area contributed by atoms with Crippen LogP contribution in [0.25, 0.3) is 0 Å². The molecule has 4 atom stereocenters. The fourth-order valence-electron chi connectivity index (χ4n) is 1.74. The van der Waals surface area contributed by atoms with Crippen molar-refractivity contribution in [3.63, 3.8) is 0 Å². The molecule has 0 aliphatic carbocycles. The van der Waals surface area contributed by atoms with E-state index >= 15 is 0 Å². The summed E-state index contributed by atoms with van der Waals surface area (Å²) in [4.78, 5) is 9.18. The van der Waals surface area contributed by atoms with Gasteiger partial charge >= 0.3 is 7.82 Å². The molecule has 0 aromatic heterocycles. The van der Waals surface area contributed by atoms with E-state index in [0.29, 0.717) is 5.92 Å². The minimum absolute atomic E-state index is 0.110. The molecule has 5 nitrogen and oxygen atoms in total.